The molecule has 0 saturated heterocycles. The lowest BCUT2D eigenvalue weighted by atomic mass is 10.2. The number of ether oxygens (including phenoxy) is 1. The van der Waals surface area contributed by atoms with E-state index in [1.165, 1.54) is 0 Å². The van der Waals surface area contributed by atoms with Crippen LogP contribution >= 0.6 is 0 Å². The minimum Gasteiger partial charge on any atom is -0.448 e. The van der Waals surface area contributed by atoms with Crippen LogP contribution in [0.3, 0.4) is 0 Å². The Morgan fingerprint density at radius 2 is 2.16 bits per heavy atom. The summed E-state index contributed by atoms with van der Waals surface area (Å²) in [6.07, 6.45) is -0.858. The van der Waals surface area contributed by atoms with Crippen LogP contribution in [0.1, 0.15) is 23.0 Å². The molecule has 0 aromatic carbocycles. The molecule has 7 heteroatoms. The van der Waals surface area contributed by atoms with Crippen LogP contribution in [0.5, 0.6) is 0 Å². The Hall–Kier alpha value is -2.31. The molecule has 0 saturated carbocycles. The zero-order chi connectivity index (χ0) is 14.3. The molecule has 0 radical (unpaired) electrons. The zero-order valence-corrected chi connectivity index (χ0v) is 11.0. The number of rotatable bonds is 6. The third-order valence-electron chi connectivity index (χ3n) is 2.21. The summed E-state index contributed by atoms with van der Waals surface area (Å²) in [4.78, 5) is 26.5. The highest BCUT2D eigenvalue weighted by atomic mass is 16.5. The molecule has 0 spiro atoms. The molecule has 0 aliphatic heterocycles. The van der Waals surface area contributed by atoms with Crippen molar-refractivity contribution in [2.24, 2.45) is 5.73 Å². The molecule has 19 heavy (non-hydrogen) atoms. The molecule has 1 aromatic rings. The first-order valence-corrected chi connectivity index (χ1v) is 5.96. The molecule has 1 heterocycles. The summed E-state index contributed by atoms with van der Waals surface area (Å²) in [6.45, 7) is 4.74. The van der Waals surface area contributed by atoms with Gasteiger partial charge in [-0.25, -0.2) is 9.78 Å². The van der Waals surface area contributed by atoms with Gasteiger partial charge in [0.1, 0.15) is 12.4 Å². The van der Waals surface area contributed by atoms with Crippen LogP contribution < -0.4 is 16.4 Å². The zero-order valence-electron chi connectivity index (χ0n) is 11.0. The Morgan fingerprint density at radius 1 is 1.42 bits per heavy atom. The maximum Gasteiger partial charge on any atom is 0.404 e. The highest BCUT2D eigenvalue weighted by Gasteiger charge is 2.08. The average molecular weight is 266 g/mol. The fourth-order valence-corrected chi connectivity index (χ4v) is 1.49. The molecule has 2 amide bonds. The second-order valence-electron chi connectivity index (χ2n) is 3.84. The van der Waals surface area contributed by atoms with Crippen molar-refractivity contribution in [3.63, 3.8) is 0 Å². The van der Waals surface area contributed by atoms with Gasteiger partial charge in [-0.15, -0.1) is 0 Å². The van der Waals surface area contributed by atoms with Crippen molar-refractivity contribution in [3.8, 4) is 0 Å². The van der Waals surface area contributed by atoms with E-state index in [1.807, 2.05) is 13.8 Å². The van der Waals surface area contributed by atoms with E-state index in [0.29, 0.717) is 11.4 Å². The summed E-state index contributed by atoms with van der Waals surface area (Å²) >= 11 is 0. The Bertz CT molecular complexity index is 462. The molecule has 4 N–H and O–H groups in total. The fourth-order valence-electron chi connectivity index (χ4n) is 1.49. The van der Waals surface area contributed by atoms with E-state index in [9.17, 15) is 9.59 Å². The number of carbonyl (C=O) groups is 2. The Balaban J connectivity index is 2.58. The lowest BCUT2D eigenvalue weighted by molar-refractivity contribution is 0.0936. The molecule has 0 fully saturated rings. The van der Waals surface area contributed by atoms with E-state index in [2.05, 4.69) is 20.4 Å². The Labute approximate surface area is 111 Å². The lowest BCUT2D eigenvalue weighted by Crippen LogP contribution is -2.29. The van der Waals surface area contributed by atoms with Crippen molar-refractivity contribution in [1.29, 1.82) is 0 Å². The predicted octanol–water partition coefficient (Wildman–Crippen LogP) is 0.647. The van der Waals surface area contributed by atoms with E-state index in [4.69, 9.17) is 5.73 Å². The third-order valence-corrected chi connectivity index (χ3v) is 2.21. The fraction of sp³-hybridized carbons (Fsp3) is 0.417. The first-order valence-electron chi connectivity index (χ1n) is 5.96. The molecule has 0 bridgehead atoms. The number of hydrogen-bond donors (Lipinski definition) is 3. The number of aromatic nitrogens is 1. The smallest absolute Gasteiger partial charge is 0.404 e. The van der Waals surface area contributed by atoms with E-state index >= 15 is 0 Å². The number of hydrogen-bond acceptors (Lipinski definition) is 5. The molecule has 104 valence electrons. The normalized spacial score (nSPS) is 9.79. The maximum atomic E-state index is 11.9. The van der Waals surface area contributed by atoms with Crippen molar-refractivity contribution in [1.82, 2.24) is 10.3 Å². The summed E-state index contributed by atoms with van der Waals surface area (Å²) in [5.74, 6) is 0.402. The van der Waals surface area contributed by atoms with E-state index in [-0.39, 0.29) is 19.1 Å². The highest BCUT2D eigenvalue weighted by Crippen LogP contribution is 2.09. The second kappa shape index (κ2) is 7.20. The maximum absolute atomic E-state index is 11.9. The van der Waals surface area contributed by atoms with Gasteiger partial charge in [0, 0.05) is 17.8 Å². The Morgan fingerprint density at radius 3 is 2.79 bits per heavy atom. The predicted molar refractivity (Wildman–Crippen MR) is 71.0 cm³/mol. The summed E-state index contributed by atoms with van der Waals surface area (Å²) in [7, 11) is 0. The van der Waals surface area contributed by atoms with Crippen molar-refractivity contribution in [2.45, 2.75) is 13.8 Å². The van der Waals surface area contributed by atoms with Crippen molar-refractivity contribution in [3.05, 3.63) is 23.4 Å². The number of carbonyl (C=O) groups excluding carboxylic acids is 2. The van der Waals surface area contributed by atoms with Crippen LogP contribution in [0.15, 0.2) is 12.1 Å². The molecule has 0 atom stereocenters. The number of nitrogens with zero attached hydrogens (tertiary/aromatic N) is 1. The average Bonchev–Trinajstić information content (AvgIpc) is 2.34. The molecule has 0 aliphatic carbocycles. The van der Waals surface area contributed by atoms with Gasteiger partial charge in [0.25, 0.3) is 5.91 Å². The van der Waals surface area contributed by atoms with Crippen LogP contribution in [-0.4, -0.2) is 36.7 Å². The number of aryl methyl sites for hydroxylation is 1. The van der Waals surface area contributed by atoms with Gasteiger partial charge in [0.15, 0.2) is 0 Å². The van der Waals surface area contributed by atoms with Crippen molar-refractivity contribution >= 4 is 17.8 Å². The van der Waals surface area contributed by atoms with Gasteiger partial charge in [-0.2, -0.15) is 0 Å². The molecular formula is C12H18N4O3. The highest BCUT2D eigenvalue weighted by molar-refractivity contribution is 5.95. The van der Waals surface area contributed by atoms with Gasteiger partial charge in [-0.1, -0.05) is 0 Å². The number of amides is 2. The van der Waals surface area contributed by atoms with Gasteiger partial charge in [-0.05, 0) is 26.0 Å². The minimum absolute atomic E-state index is 0.0468. The van der Waals surface area contributed by atoms with Gasteiger partial charge in [0.05, 0.1) is 6.54 Å². The van der Waals surface area contributed by atoms with Crippen molar-refractivity contribution < 1.29 is 14.3 Å². The monoisotopic (exact) mass is 266 g/mol. The molecule has 1 aromatic heterocycles. The lowest BCUT2D eigenvalue weighted by Gasteiger charge is -2.08. The number of nitrogens with two attached hydrogens (primary N) is 1. The molecular weight excluding hydrogens is 248 g/mol. The van der Waals surface area contributed by atoms with Gasteiger partial charge in [0.2, 0.25) is 0 Å². The number of nitrogens with one attached hydrogen (secondary N) is 2. The van der Waals surface area contributed by atoms with Crippen LogP contribution in [0, 0.1) is 6.92 Å². The molecule has 0 aliphatic rings. The molecule has 0 unspecified atom stereocenters. The van der Waals surface area contributed by atoms with Gasteiger partial charge < -0.3 is 21.1 Å². The minimum atomic E-state index is -0.858. The summed E-state index contributed by atoms with van der Waals surface area (Å²) < 4.78 is 4.51. The van der Waals surface area contributed by atoms with E-state index < -0.39 is 6.09 Å². The second-order valence-corrected chi connectivity index (χ2v) is 3.84. The first-order chi connectivity index (χ1) is 9.02. The number of primary amides is 1. The van der Waals surface area contributed by atoms with Crippen LogP contribution in [0.2, 0.25) is 0 Å². The van der Waals surface area contributed by atoms with Crippen LogP contribution in [0.25, 0.3) is 0 Å². The van der Waals surface area contributed by atoms with Crippen LogP contribution in [-0.2, 0) is 4.74 Å². The SMILES string of the molecule is CCNc1cc(C(=O)NCCOC(N)=O)cc(C)n1. The van der Waals surface area contributed by atoms with Crippen LogP contribution in [0.4, 0.5) is 10.6 Å². The van der Waals surface area contributed by atoms with Crippen molar-refractivity contribution in [2.75, 3.05) is 25.0 Å². The molecule has 1 rings (SSSR count). The van der Waals surface area contributed by atoms with Gasteiger partial charge in [-0.3, -0.25) is 4.79 Å². The van der Waals surface area contributed by atoms with E-state index in [1.54, 1.807) is 12.1 Å². The molecule has 7 nitrogen and oxygen atoms in total. The third kappa shape index (κ3) is 5.24. The van der Waals surface area contributed by atoms with Gasteiger partial charge >= 0.3 is 6.09 Å². The quantitative estimate of drug-likeness (QED) is 0.655. The summed E-state index contributed by atoms with van der Waals surface area (Å²) in [5.41, 5.74) is 6.05. The first kappa shape index (κ1) is 14.7. The largest absolute Gasteiger partial charge is 0.448 e. The Kier molecular flexibility index (Phi) is 5.59. The van der Waals surface area contributed by atoms with E-state index in [0.717, 1.165) is 12.2 Å². The summed E-state index contributed by atoms with van der Waals surface area (Å²) in [5, 5.41) is 5.67. The standard InChI is InChI=1S/C12H18N4O3/c1-3-14-10-7-9(6-8(2)16-10)11(17)15-4-5-19-12(13)18/h6-7H,3-5H2,1-2H3,(H2,13,18)(H,14,16)(H,15,17). The summed E-state index contributed by atoms with van der Waals surface area (Å²) in [6, 6.07) is 3.35. The number of anilines is 1. The number of pyridine rings is 1. The topological polar surface area (TPSA) is 106 Å².